The Balaban J connectivity index is 2.58. The average Bonchev–Trinajstić information content (AvgIpc) is 2.72. The first-order chi connectivity index (χ1) is 15.4. The normalized spacial score (nSPS) is 13.5. The number of aromatic nitrogens is 2. The summed E-state index contributed by atoms with van der Waals surface area (Å²) in [5.74, 6) is -2.45. The molecule has 10 nitrogen and oxygen atoms in total. The van der Waals surface area contributed by atoms with Crippen molar-refractivity contribution >= 4 is 28.9 Å². The first-order valence-electron chi connectivity index (χ1n) is 10.3. The highest BCUT2D eigenvalue weighted by Crippen LogP contribution is 2.22. The molecule has 0 N–H and O–H groups in total. The molecule has 2 rings (SSSR count). The molecule has 0 bridgehead atoms. The second kappa shape index (κ2) is 10.7. The van der Waals surface area contributed by atoms with Crippen molar-refractivity contribution in [2.24, 2.45) is 5.92 Å². The van der Waals surface area contributed by atoms with Gasteiger partial charge in [-0.2, -0.15) is 5.26 Å². The van der Waals surface area contributed by atoms with Gasteiger partial charge >= 0.3 is 17.9 Å². The molecule has 0 aliphatic carbocycles. The van der Waals surface area contributed by atoms with E-state index in [4.69, 9.17) is 14.2 Å². The highest BCUT2D eigenvalue weighted by molar-refractivity contribution is 5.77. The van der Waals surface area contributed by atoms with Crippen LogP contribution in [0.5, 0.6) is 0 Å². The largest absolute Gasteiger partial charge is 0.462 e. The van der Waals surface area contributed by atoms with Crippen molar-refractivity contribution < 1.29 is 28.6 Å². The van der Waals surface area contributed by atoms with Gasteiger partial charge < -0.3 is 18.8 Å². The Morgan fingerprint density at radius 2 is 1.61 bits per heavy atom. The van der Waals surface area contributed by atoms with Gasteiger partial charge in [-0.15, -0.1) is 0 Å². The summed E-state index contributed by atoms with van der Waals surface area (Å²) in [6, 6.07) is 5.36. The molecule has 10 heteroatoms. The van der Waals surface area contributed by atoms with Gasteiger partial charge in [0.05, 0.1) is 17.6 Å². The summed E-state index contributed by atoms with van der Waals surface area (Å²) < 4.78 is 17.1. The van der Waals surface area contributed by atoms with Crippen LogP contribution in [0.25, 0.3) is 11.0 Å². The van der Waals surface area contributed by atoms with Gasteiger partial charge in [-0.05, 0) is 37.1 Å². The molecule has 2 aromatic rings. The van der Waals surface area contributed by atoms with Crippen LogP contribution in [0.1, 0.15) is 44.5 Å². The van der Waals surface area contributed by atoms with Crippen LogP contribution in [0, 0.1) is 31.1 Å². The maximum absolute atomic E-state index is 13.0. The molecule has 0 saturated carbocycles. The molecular formula is C23H27N3O7. The quantitative estimate of drug-likeness (QED) is 0.430. The van der Waals surface area contributed by atoms with E-state index in [-0.39, 0.29) is 18.8 Å². The third kappa shape index (κ3) is 6.38. The lowest BCUT2D eigenvalue weighted by molar-refractivity contribution is -0.167. The zero-order valence-corrected chi connectivity index (χ0v) is 19.5. The molecule has 1 aromatic heterocycles. The third-order valence-electron chi connectivity index (χ3n) is 5.29. The van der Waals surface area contributed by atoms with Gasteiger partial charge in [-0.25, -0.2) is 4.98 Å². The monoisotopic (exact) mass is 457 g/mol. The van der Waals surface area contributed by atoms with Crippen LogP contribution in [0.4, 0.5) is 0 Å². The SMILES string of the molecule is CC(=O)OC[C@@H](OC(C)=O)[C@@H](C)[C@H](Cn1c(=O)c(C#N)nc2cc(C)c(C)cc21)OC(C)=O. The summed E-state index contributed by atoms with van der Waals surface area (Å²) in [5, 5.41) is 9.41. The summed E-state index contributed by atoms with van der Waals surface area (Å²) in [6.07, 6.45) is -1.88. The molecule has 0 spiro atoms. The number of ether oxygens (including phenoxy) is 3. The zero-order chi connectivity index (χ0) is 24.9. The summed E-state index contributed by atoms with van der Waals surface area (Å²) in [6.45, 7) is 8.68. The Morgan fingerprint density at radius 1 is 1.03 bits per heavy atom. The van der Waals surface area contributed by atoms with Crippen molar-refractivity contribution in [2.45, 2.75) is 60.3 Å². The number of fused-ring (bicyclic) bond motifs is 1. The Bertz CT molecular complexity index is 1180. The molecule has 176 valence electrons. The van der Waals surface area contributed by atoms with E-state index in [1.165, 1.54) is 25.3 Å². The summed E-state index contributed by atoms with van der Waals surface area (Å²) in [7, 11) is 0. The first-order valence-corrected chi connectivity index (χ1v) is 10.3. The smallest absolute Gasteiger partial charge is 0.303 e. The van der Waals surface area contributed by atoms with Crippen LogP contribution < -0.4 is 5.56 Å². The lowest BCUT2D eigenvalue weighted by atomic mass is 9.97. The molecule has 0 aliphatic rings. The molecule has 0 unspecified atom stereocenters. The van der Waals surface area contributed by atoms with Crippen molar-refractivity contribution in [2.75, 3.05) is 6.61 Å². The molecule has 1 heterocycles. The molecule has 0 saturated heterocycles. The number of nitrogens with zero attached hydrogens (tertiary/aromatic N) is 3. The molecule has 33 heavy (non-hydrogen) atoms. The minimum absolute atomic E-state index is 0.131. The van der Waals surface area contributed by atoms with E-state index in [0.717, 1.165) is 11.1 Å². The maximum Gasteiger partial charge on any atom is 0.303 e. The van der Waals surface area contributed by atoms with Gasteiger partial charge in [0, 0.05) is 26.7 Å². The maximum atomic E-state index is 13.0. The Labute approximate surface area is 191 Å². The fourth-order valence-electron chi connectivity index (χ4n) is 3.40. The summed E-state index contributed by atoms with van der Waals surface area (Å²) in [5.41, 5.74) is 1.82. The van der Waals surface area contributed by atoms with Gasteiger partial charge in [0.15, 0.2) is 0 Å². The number of esters is 3. The minimum atomic E-state index is -0.945. The van der Waals surface area contributed by atoms with Gasteiger partial charge in [0.2, 0.25) is 5.69 Å². The first kappa shape index (κ1) is 25.5. The number of carbonyl (C=O) groups excluding carboxylic acids is 3. The highest BCUT2D eigenvalue weighted by atomic mass is 16.6. The zero-order valence-electron chi connectivity index (χ0n) is 19.5. The Kier molecular flexibility index (Phi) is 8.29. The molecule has 0 radical (unpaired) electrons. The second-order valence-corrected chi connectivity index (χ2v) is 7.87. The second-order valence-electron chi connectivity index (χ2n) is 7.87. The number of hydrogen-bond acceptors (Lipinski definition) is 9. The van der Waals surface area contributed by atoms with E-state index >= 15 is 0 Å². The molecule has 1 aromatic carbocycles. The van der Waals surface area contributed by atoms with Crippen molar-refractivity contribution in [3.8, 4) is 6.07 Å². The third-order valence-corrected chi connectivity index (χ3v) is 5.29. The summed E-state index contributed by atoms with van der Waals surface area (Å²) in [4.78, 5) is 51.9. The van der Waals surface area contributed by atoms with Crippen molar-refractivity contribution in [1.29, 1.82) is 5.26 Å². The molecule has 0 aliphatic heterocycles. The van der Waals surface area contributed by atoms with Crippen molar-refractivity contribution in [3.63, 3.8) is 0 Å². The Morgan fingerprint density at radius 3 is 2.15 bits per heavy atom. The lowest BCUT2D eigenvalue weighted by Gasteiger charge is -2.30. The van der Waals surface area contributed by atoms with Gasteiger partial charge in [-0.3, -0.25) is 19.2 Å². The number of nitriles is 1. The minimum Gasteiger partial charge on any atom is -0.462 e. The number of hydrogen-bond donors (Lipinski definition) is 0. The van der Waals surface area contributed by atoms with Crippen molar-refractivity contribution in [3.05, 3.63) is 39.3 Å². The standard InChI is InChI=1S/C23H27N3O7/c1-12-7-18-20(8-13(12)2)26(23(30)19(9-24)25-18)10-21(32-16(5)28)14(3)22(33-17(6)29)11-31-15(4)27/h7-8,14,21-22H,10-11H2,1-6H3/t14-,21-,22+/m0/s1. The average molecular weight is 457 g/mol. The van der Waals surface area contributed by atoms with E-state index in [2.05, 4.69) is 4.98 Å². The number of rotatable bonds is 8. The van der Waals surface area contributed by atoms with Crippen LogP contribution in [0.2, 0.25) is 0 Å². The van der Waals surface area contributed by atoms with Gasteiger partial charge in [-0.1, -0.05) is 6.92 Å². The van der Waals surface area contributed by atoms with Crippen molar-refractivity contribution in [1.82, 2.24) is 9.55 Å². The fraction of sp³-hybridized carbons (Fsp3) is 0.478. The number of aryl methyl sites for hydroxylation is 2. The predicted octanol–water partition coefficient (Wildman–Crippen LogP) is 1.95. The van der Waals surface area contributed by atoms with Crippen LogP contribution in [0.3, 0.4) is 0 Å². The predicted molar refractivity (Wildman–Crippen MR) is 117 cm³/mol. The van der Waals surface area contributed by atoms with E-state index < -0.39 is 41.6 Å². The van der Waals surface area contributed by atoms with Crippen LogP contribution in [-0.4, -0.2) is 46.3 Å². The van der Waals surface area contributed by atoms with Crippen LogP contribution >= 0.6 is 0 Å². The Hall–Kier alpha value is -3.74. The molecular weight excluding hydrogens is 430 g/mol. The van der Waals surface area contributed by atoms with Crippen LogP contribution in [0.15, 0.2) is 16.9 Å². The van der Waals surface area contributed by atoms with E-state index in [1.54, 1.807) is 19.1 Å². The topological polar surface area (TPSA) is 138 Å². The van der Waals surface area contributed by atoms with E-state index in [0.29, 0.717) is 11.0 Å². The van der Waals surface area contributed by atoms with E-state index in [1.807, 2.05) is 19.9 Å². The molecule has 0 amide bonds. The van der Waals surface area contributed by atoms with E-state index in [9.17, 15) is 24.4 Å². The van der Waals surface area contributed by atoms with Gasteiger partial charge in [0.1, 0.15) is 24.9 Å². The fourth-order valence-corrected chi connectivity index (χ4v) is 3.40. The highest BCUT2D eigenvalue weighted by Gasteiger charge is 2.32. The lowest BCUT2D eigenvalue weighted by Crippen LogP contribution is -2.42. The number of carbonyl (C=O) groups is 3. The number of benzene rings is 1. The van der Waals surface area contributed by atoms with Crippen LogP contribution in [-0.2, 0) is 35.1 Å². The molecule has 3 atom stereocenters. The van der Waals surface area contributed by atoms with Gasteiger partial charge in [0.25, 0.3) is 5.56 Å². The molecule has 0 fully saturated rings. The summed E-state index contributed by atoms with van der Waals surface area (Å²) >= 11 is 0.